The lowest BCUT2D eigenvalue weighted by Gasteiger charge is -2.49. The highest BCUT2D eigenvalue weighted by atomic mass is 32.2. The van der Waals surface area contributed by atoms with Crippen molar-refractivity contribution in [2.75, 3.05) is 37.4 Å². The topological polar surface area (TPSA) is 244 Å². The molecule has 0 radical (unpaired) electrons. The van der Waals surface area contributed by atoms with E-state index in [0.717, 1.165) is 47.6 Å². The number of β-lactam (4-membered cyclic amide) rings is 1. The zero-order valence-electron chi connectivity index (χ0n) is 29.2. The number of fused-ring (bicyclic) bond motifs is 1. The molecule has 54 heavy (non-hydrogen) atoms. The average Bonchev–Trinajstić information content (AvgIpc) is 3.59. The van der Waals surface area contributed by atoms with E-state index in [4.69, 9.17) is 16.3 Å². The van der Waals surface area contributed by atoms with Crippen LogP contribution in [0.3, 0.4) is 0 Å². The minimum absolute atomic E-state index is 0.102. The third-order valence-corrected chi connectivity index (χ3v) is 11.1. The molecule has 0 spiro atoms. The van der Waals surface area contributed by atoms with Gasteiger partial charge in [-0.15, -0.1) is 23.1 Å². The van der Waals surface area contributed by atoms with Gasteiger partial charge in [0.1, 0.15) is 29.9 Å². The highest BCUT2D eigenvalue weighted by Gasteiger charge is 2.54. The number of thiazole rings is 1. The van der Waals surface area contributed by atoms with Crippen LogP contribution in [-0.4, -0.2) is 101 Å². The molecular weight excluding hydrogens is 757 g/mol. The molecule has 2 aliphatic rings. The van der Waals surface area contributed by atoms with Crippen LogP contribution in [0.25, 0.3) is 0 Å². The van der Waals surface area contributed by atoms with Crippen LogP contribution in [0.1, 0.15) is 16.8 Å². The van der Waals surface area contributed by atoms with E-state index in [1.54, 1.807) is 0 Å². The normalized spacial score (nSPS) is 16.6. The van der Waals surface area contributed by atoms with E-state index in [2.05, 4.69) is 79.0 Å². The van der Waals surface area contributed by atoms with E-state index in [1.165, 1.54) is 47.1 Å². The molecular formula is C34H38N10O7S3. The van der Waals surface area contributed by atoms with Gasteiger partial charge in [0.15, 0.2) is 16.0 Å². The third kappa shape index (κ3) is 9.82. The van der Waals surface area contributed by atoms with Gasteiger partial charge in [0.05, 0.1) is 0 Å². The molecule has 2 aromatic heterocycles. The predicted molar refractivity (Wildman–Crippen MR) is 207 cm³/mol. The molecule has 0 bridgehead atoms. The Balaban J connectivity index is 0.000000260. The monoisotopic (exact) mass is 794 g/mol. The Morgan fingerprint density at radius 1 is 1.09 bits per heavy atom. The molecule has 1 saturated heterocycles. The van der Waals surface area contributed by atoms with E-state index in [0.29, 0.717) is 12.1 Å². The van der Waals surface area contributed by atoms with Crippen molar-refractivity contribution in [1.82, 2.24) is 34.9 Å². The average molecular weight is 795 g/mol. The molecule has 0 saturated carbocycles. The molecule has 2 atom stereocenters. The fraction of sp³-hybridized carbons (Fsp3) is 0.294. The molecule has 1 fully saturated rings. The minimum Gasteiger partial charge on any atom is -0.477 e. The summed E-state index contributed by atoms with van der Waals surface area (Å²) >= 11 is 3.41. The summed E-state index contributed by atoms with van der Waals surface area (Å²) in [7, 11) is 2.74. The molecule has 1 unspecified atom stereocenters. The Morgan fingerprint density at radius 3 is 2.30 bits per heavy atom. The van der Waals surface area contributed by atoms with E-state index in [1.807, 2.05) is 12.1 Å². The quantitative estimate of drug-likeness (QED) is 0.0394. The molecule has 4 aromatic rings. The van der Waals surface area contributed by atoms with E-state index >= 15 is 0 Å². The zero-order valence-corrected chi connectivity index (χ0v) is 31.7. The van der Waals surface area contributed by atoms with Gasteiger partial charge in [0, 0.05) is 50.1 Å². The van der Waals surface area contributed by atoms with Crippen molar-refractivity contribution < 1.29 is 24.3 Å². The van der Waals surface area contributed by atoms with Gasteiger partial charge in [-0.25, -0.2) is 9.78 Å². The van der Waals surface area contributed by atoms with Crippen molar-refractivity contribution in [3.8, 4) is 0 Å². The van der Waals surface area contributed by atoms with Gasteiger partial charge in [-0.05, 0) is 16.7 Å². The Kier molecular flexibility index (Phi) is 13.8. The smallest absolute Gasteiger partial charge is 0.352 e. The fourth-order valence-electron chi connectivity index (χ4n) is 5.52. The highest BCUT2D eigenvalue weighted by Crippen LogP contribution is 2.41. The number of nitrogens with two attached hydrogens (primary N) is 2. The number of aromatic amines is 1. The number of aryl methyl sites for hydroxylation is 1. The molecule has 17 nitrogen and oxygen atoms in total. The van der Waals surface area contributed by atoms with Crippen LogP contribution in [0.15, 0.2) is 97.2 Å². The summed E-state index contributed by atoms with van der Waals surface area (Å²) in [6.45, 7) is 3.52. The van der Waals surface area contributed by atoms with Crippen LogP contribution in [-0.2, 0) is 39.4 Å². The number of thioether (sulfide) groups is 2. The number of hydrogen-bond donors (Lipinski definition) is 5. The SMILES string of the molecule is CON=C(C(=O)NC1C(=O)N2C(C(=O)O)=C(CSc3nc(=O)c(=O)[nH]n3C)CS[C@@H]12)c1csc(N)n1.NCCN(Cc1ccccc1)Cc1ccccc1. The standard InChI is InChI=1S/C18H18N8O7S3.C16H20N2/c1-25-18(22-12(28)13(29)23-25)36-4-6-3-34-15-9(14(30)26(15)10(6)16(31)32)21-11(27)8(24-33-2)7-5-35-17(19)20-7;17-11-12-18(13-15-7-3-1-4-8-15)14-16-9-5-2-6-10-16/h5,9,15H,3-4H2,1-2H3,(H2,19,20)(H,21,27)(H,23,29)(H,31,32);1-10H,11-14,17H2/t9?,15-;/m0./s1. The van der Waals surface area contributed by atoms with Gasteiger partial charge in [0.2, 0.25) is 0 Å². The van der Waals surface area contributed by atoms with Crippen LogP contribution in [0.5, 0.6) is 0 Å². The van der Waals surface area contributed by atoms with Crippen LogP contribution < -0.4 is 27.9 Å². The highest BCUT2D eigenvalue weighted by molar-refractivity contribution is 8.01. The Labute approximate surface area is 321 Å². The van der Waals surface area contributed by atoms with Crippen molar-refractivity contribution in [2.24, 2.45) is 17.9 Å². The number of hydrogen-bond acceptors (Lipinski definition) is 15. The first kappa shape index (κ1) is 39.9. The summed E-state index contributed by atoms with van der Waals surface area (Å²) in [5.74, 6) is -2.30. The predicted octanol–water partition coefficient (Wildman–Crippen LogP) is 1.04. The van der Waals surface area contributed by atoms with Gasteiger partial charge in [-0.1, -0.05) is 77.6 Å². The molecule has 2 amide bonds. The summed E-state index contributed by atoms with van der Waals surface area (Å²) in [5, 5.41) is 19.6. The fourth-order valence-corrected chi connectivity index (χ4v) is 8.47. The van der Waals surface area contributed by atoms with Crippen LogP contribution >= 0.6 is 34.9 Å². The number of carboxylic acid groups (broad SMARTS) is 1. The summed E-state index contributed by atoms with van der Waals surface area (Å²) in [5.41, 5.74) is 12.4. The van der Waals surface area contributed by atoms with E-state index in [-0.39, 0.29) is 38.9 Å². The molecule has 2 aliphatic heterocycles. The summed E-state index contributed by atoms with van der Waals surface area (Å²) in [6, 6.07) is 20.1. The molecule has 4 heterocycles. The van der Waals surface area contributed by atoms with Gasteiger partial charge in [0.25, 0.3) is 11.8 Å². The number of amides is 2. The summed E-state index contributed by atoms with van der Waals surface area (Å²) < 4.78 is 1.25. The number of aromatic nitrogens is 4. The first-order chi connectivity index (χ1) is 26.0. The number of H-pyrrole nitrogens is 1. The first-order valence-electron chi connectivity index (χ1n) is 16.3. The molecule has 6 rings (SSSR count). The Bertz CT molecular complexity index is 2100. The van der Waals surface area contributed by atoms with E-state index in [9.17, 15) is 29.1 Å². The van der Waals surface area contributed by atoms with Gasteiger partial charge >= 0.3 is 17.1 Å². The molecule has 0 aliphatic carbocycles. The number of anilines is 1. The number of carbonyl (C=O) groups excluding carboxylic acids is 2. The minimum atomic E-state index is -1.31. The maximum absolute atomic E-state index is 12.9. The van der Waals surface area contributed by atoms with Gasteiger partial charge < -0.3 is 26.7 Å². The van der Waals surface area contributed by atoms with Crippen molar-refractivity contribution in [3.63, 3.8) is 0 Å². The maximum Gasteiger partial charge on any atom is 0.352 e. The van der Waals surface area contributed by atoms with Crippen LogP contribution in [0.2, 0.25) is 0 Å². The second-order valence-corrected chi connectivity index (χ2v) is 14.7. The lowest BCUT2D eigenvalue weighted by atomic mass is 10.0. The Hall–Kier alpha value is -5.28. The number of nitrogen functional groups attached to an aromatic ring is 1. The lowest BCUT2D eigenvalue weighted by Crippen LogP contribution is -2.71. The van der Waals surface area contributed by atoms with Crippen molar-refractivity contribution in [3.05, 3.63) is 115 Å². The first-order valence-corrected chi connectivity index (χ1v) is 19.3. The molecule has 284 valence electrons. The number of oxime groups is 1. The lowest BCUT2D eigenvalue weighted by molar-refractivity contribution is -0.150. The van der Waals surface area contributed by atoms with Gasteiger partial charge in [-0.3, -0.25) is 38.8 Å². The second-order valence-electron chi connectivity index (χ2n) is 11.8. The summed E-state index contributed by atoms with van der Waals surface area (Å²) in [4.78, 5) is 76.6. The van der Waals surface area contributed by atoms with Crippen molar-refractivity contribution >= 4 is 63.5 Å². The number of carboxylic acids is 1. The number of nitrogens with zero attached hydrogens (tertiary/aromatic N) is 6. The Morgan fingerprint density at radius 2 is 1.74 bits per heavy atom. The van der Waals surface area contributed by atoms with Crippen molar-refractivity contribution in [1.29, 1.82) is 0 Å². The maximum atomic E-state index is 12.9. The second kappa shape index (κ2) is 18.7. The number of benzene rings is 2. The van der Waals surface area contributed by atoms with E-state index < -0.39 is 40.3 Å². The largest absolute Gasteiger partial charge is 0.477 e. The molecule has 7 N–H and O–H groups in total. The summed E-state index contributed by atoms with van der Waals surface area (Å²) in [6.07, 6.45) is 0. The number of aliphatic carboxylic acids is 1. The number of rotatable bonds is 14. The van der Waals surface area contributed by atoms with Gasteiger partial charge in [-0.2, -0.15) is 4.98 Å². The van der Waals surface area contributed by atoms with Crippen LogP contribution in [0, 0.1) is 0 Å². The number of nitrogens with one attached hydrogen (secondary N) is 2. The molecule has 20 heteroatoms. The van der Waals surface area contributed by atoms with Crippen LogP contribution in [0.4, 0.5) is 5.13 Å². The zero-order chi connectivity index (χ0) is 38.8. The molecule has 2 aromatic carbocycles. The van der Waals surface area contributed by atoms with Crippen molar-refractivity contribution in [2.45, 2.75) is 29.7 Å². The number of carbonyl (C=O) groups is 3. The third-order valence-electron chi connectivity index (χ3n) is 7.97.